The first-order valence-corrected chi connectivity index (χ1v) is 10.8. The fraction of sp³-hybridized carbons (Fsp3) is 0.750. The first-order chi connectivity index (χ1) is 12.9. The van der Waals surface area contributed by atoms with E-state index in [4.69, 9.17) is 9.47 Å². The van der Waals surface area contributed by atoms with Gasteiger partial charge in [0, 0.05) is 12.8 Å². The van der Waals surface area contributed by atoms with Gasteiger partial charge in [0.15, 0.2) is 0 Å². The van der Waals surface area contributed by atoms with Crippen LogP contribution in [0.2, 0.25) is 0 Å². The number of aliphatic hydroxyl groups is 1. The zero-order valence-corrected chi connectivity index (χ0v) is 19.2. The number of quaternary nitrogens is 1. The summed E-state index contributed by atoms with van der Waals surface area (Å²) in [5.74, 6) is 0.930. The number of rotatable bonds is 8. The highest BCUT2D eigenvalue weighted by atomic mass is 16.5. The molecule has 4 heteroatoms. The maximum Gasteiger partial charge on any atom is 0.126 e. The molecule has 1 aromatic rings. The molecule has 28 heavy (non-hydrogen) atoms. The van der Waals surface area contributed by atoms with E-state index in [-0.39, 0.29) is 10.8 Å². The molecular formula is C24H42NO3+. The second-order valence-electron chi connectivity index (χ2n) is 10.7. The normalized spacial score (nSPS) is 18.3. The Kier molecular flexibility index (Phi) is 7.57. The van der Waals surface area contributed by atoms with Crippen LogP contribution in [0.1, 0.15) is 65.5 Å². The summed E-state index contributed by atoms with van der Waals surface area (Å²) in [6, 6.07) is 6.53. The quantitative estimate of drug-likeness (QED) is 0.530. The Bertz CT molecular complexity index is 622. The van der Waals surface area contributed by atoms with Crippen molar-refractivity contribution in [2.75, 3.05) is 46.5 Å². The van der Waals surface area contributed by atoms with Gasteiger partial charge in [0.05, 0.1) is 33.4 Å². The summed E-state index contributed by atoms with van der Waals surface area (Å²) in [5.41, 5.74) is 2.68. The number of likely N-dealkylation sites (tertiary alicyclic amines) is 1. The zero-order valence-electron chi connectivity index (χ0n) is 19.2. The molecule has 0 aromatic heterocycles. The van der Waals surface area contributed by atoms with Crippen molar-refractivity contribution < 1.29 is 19.1 Å². The van der Waals surface area contributed by atoms with Crippen LogP contribution in [0.25, 0.3) is 0 Å². The van der Waals surface area contributed by atoms with Gasteiger partial charge < -0.3 is 19.1 Å². The fourth-order valence-corrected chi connectivity index (χ4v) is 3.98. The molecule has 4 nitrogen and oxygen atoms in total. The van der Waals surface area contributed by atoms with Gasteiger partial charge in [-0.25, -0.2) is 0 Å². The van der Waals surface area contributed by atoms with Crippen molar-refractivity contribution >= 4 is 0 Å². The second-order valence-corrected chi connectivity index (χ2v) is 10.7. The van der Waals surface area contributed by atoms with E-state index in [1.807, 2.05) is 0 Å². The van der Waals surface area contributed by atoms with Crippen molar-refractivity contribution in [3.63, 3.8) is 0 Å². The molecule has 2 rings (SSSR count). The Morgan fingerprint density at radius 1 is 1.00 bits per heavy atom. The van der Waals surface area contributed by atoms with Gasteiger partial charge >= 0.3 is 0 Å². The molecule has 0 radical (unpaired) electrons. The maximum atomic E-state index is 10.3. The van der Waals surface area contributed by atoms with E-state index < -0.39 is 6.10 Å². The zero-order chi connectivity index (χ0) is 21.0. The summed E-state index contributed by atoms with van der Waals surface area (Å²) in [7, 11) is 2.23. The maximum absolute atomic E-state index is 10.3. The van der Waals surface area contributed by atoms with Crippen molar-refractivity contribution in [1.29, 1.82) is 0 Å². The average molecular weight is 393 g/mol. The lowest BCUT2D eigenvalue weighted by Crippen LogP contribution is -2.47. The van der Waals surface area contributed by atoms with Crippen LogP contribution in [-0.2, 0) is 15.6 Å². The fourth-order valence-electron chi connectivity index (χ4n) is 3.98. The predicted molar refractivity (Wildman–Crippen MR) is 116 cm³/mol. The summed E-state index contributed by atoms with van der Waals surface area (Å²) in [5, 5.41) is 10.3. The molecule has 1 unspecified atom stereocenters. The van der Waals surface area contributed by atoms with Gasteiger partial charge in [0.2, 0.25) is 0 Å². The summed E-state index contributed by atoms with van der Waals surface area (Å²) in [6.45, 7) is 17.8. The number of hydrogen-bond acceptors (Lipinski definition) is 3. The number of hydrogen-bond donors (Lipinski definition) is 1. The molecular weight excluding hydrogens is 350 g/mol. The van der Waals surface area contributed by atoms with Crippen LogP contribution in [0.4, 0.5) is 0 Å². The predicted octanol–water partition coefficient (Wildman–Crippen LogP) is 4.28. The minimum atomic E-state index is -0.403. The van der Waals surface area contributed by atoms with Crippen molar-refractivity contribution in [3.05, 3.63) is 29.3 Å². The van der Waals surface area contributed by atoms with E-state index in [1.165, 1.54) is 37.1 Å². The molecule has 1 heterocycles. The molecule has 0 amide bonds. The van der Waals surface area contributed by atoms with Crippen molar-refractivity contribution in [2.45, 2.75) is 71.3 Å². The van der Waals surface area contributed by atoms with Crippen LogP contribution < -0.4 is 4.74 Å². The van der Waals surface area contributed by atoms with E-state index in [1.54, 1.807) is 0 Å². The van der Waals surface area contributed by atoms with Gasteiger partial charge in [0.1, 0.15) is 25.0 Å². The molecule has 1 aromatic carbocycles. The molecule has 0 aliphatic carbocycles. The highest BCUT2D eigenvalue weighted by molar-refractivity contribution is 5.43. The van der Waals surface area contributed by atoms with Gasteiger partial charge in [-0.15, -0.1) is 0 Å². The molecule has 1 fully saturated rings. The van der Waals surface area contributed by atoms with E-state index >= 15 is 0 Å². The Balaban J connectivity index is 1.83. The summed E-state index contributed by atoms with van der Waals surface area (Å²) >= 11 is 0. The number of ether oxygens (including phenoxy) is 2. The third-order valence-electron chi connectivity index (χ3n) is 5.75. The highest BCUT2D eigenvalue weighted by Crippen LogP contribution is 2.35. The van der Waals surface area contributed by atoms with Crippen LogP contribution in [0.15, 0.2) is 18.2 Å². The van der Waals surface area contributed by atoms with E-state index in [9.17, 15) is 5.11 Å². The molecule has 0 spiro atoms. The molecule has 1 atom stereocenters. The van der Waals surface area contributed by atoms with E-state index in [0.717, 1.165) is 16.8 Å². The molecule has 1 aliphatic rings. The van der Waals surface area contributed by atoms with Crippen LogP contribution in [0.3, 0.4) is 0 Å². The van der Waals surface area contributed by atoms with Crippen molar-refractivity contribution in [2.24, 2.45) is 0 Å². The minimum absolute atomic E-state index is 0.0162. The van der Waals surface area contributed by atoms with Crippen molar-refractivity contribution in [1.82, 2.24) is 0 Å². The third-order valence-corrected chi connectivity index (χ3v) is 5.75. The number of likely N-dealkylation sites (N-methyl/N-ethyl adjacent to an activating group) is 1. The van der Waals surface area contributed by atoms with Gasteiger partial charge in [-0.1, -0.05) is 53.7 Å². The Hall–Kier alpha value is -1.10. The van der Waals surface area contributed by atoms with Crippen LogP contribution >= 0.6 is 0 Å². The van der Waals surface area contributed by atoms with Crippen LogP contribution in [0.5, 0.6) is 5.75 Å². The largest absolute Gasteiger partial charge is 0.491 e. The summed E-state index contributed by atoms with van der Waals surface area (Å²) < 4.78 is 12.7. The topological polar surface area (TPSA) is 38.7 Å². The molecule has 1 saturated heterocycles. The van der Waals surface area contributed by atoms with Crippen LogP contribution in [0, 0.1) is 0 Å². The Labute approximate surface area is 172 Å². The second kappa shape index (κ2) is 9.15. The molecule has 0 bridgehead atoms. The summed E-state index contributed by atoms with van der Waals surface area (Å²) in [6.07, 6.45) is 2.13. The summed E-state index contributed by atoms with van der Waals surface area (Å²) in [4.78, 5) is 0. The third kappa shape index (κ3) is 6.75. The highest BCUT2D eigenvalue weighted by Gasteiger charge is 2.29. The van der Waals surface area contributed by atoms with Crippen molar-refractivity contribution in [3.8, 4) is 5.75 Å². The minimum Gasteiger partial charge on any atom is -0.491 e. The SMILES string of the molecule is CC(C)(C)c1ccc(OCCOCC(O)C[N+]2(C)CCCC2)c(C(C)(C)C)c1. The molecule has 1 N–H and O–H groups in total. The lowest BCUT2D eigenvalue weighted by molar-refractivity contribution is -0.900. The standard InChI is InChI=1S/C24H42NO3/c1-23(2,3)19-10-11-22(21(16-19)24(4,5)6)28-15-14-27-18-20(26)17-25(7)12-8-9-13-25/h10-11,16,20,26H,8-9,12-15,17-18H2,1-7H3/q+1. The lowest BCUT2D eigenvalue weighted by atomic mass is 9.80. The molecule has 1 aliphatic heterocycles. The monoisotopic (exact) mass is 392 g/mol. The van der Waals surface area contributed by atoms with Gasteiger partial charge in [0.25, 0.3) is 0 Å². The van der Waals surface area contributed by atoms with Gasteiger partial charge in [-0.3, -0.25) is 0 Å². The number of aliphatic hydroxyl groups excluding tert-OH is 1. The Morgan fingerprint density at radius 2 is 1.64 bits per heavy atom. The van der Waals surface area contributed by atoms with Crippen LogP contribution in [-0.4, -0.2) is 62.2 Å². The lowest BCUT2D eigenvalue weighted by Gasteiger charge is -2.31. The molecule has 160 valence electrons. The number of benzene rings is 1. The van der Waals surface area contributed by atoms with Gasteiger partial charge in [-0.2, -0.15) is 0 Å². The first kappa shape index (κ1) is 23.2. The van der Waals surface area contributed by atoms with Gasteiger partial charge in [-0.05, 0) is 28.0 Å². The first-order valence-electron chi connectivity index (χ1n) is 10.8. The smallest absolute Gasteiger partial charge is 0.126 e. The van der Waals surface area contributed by atoms with E-state index in [2.05, 4.69) is 66.8 Å². The Morgan fingerprint density at radius 3 is 2.21 bits per heavy atom. The average Bonchev–Trinajstić information content (AvgIpc) is 2.98. The number of nitrogens with zero attached hydrogens (tertiary/aromatic N) is 1. The molecule has 0 saturated carbocycles. The van der Waals surface area contributed by atoms with E-state index in [0.29, 0.717) is 19.8 Å².